The van der Waals surface area contributed by atoms with Gasteiger partial charge in [-0.1, -0.05) is 18.2 Å². The highest BCUT2D eigenvalue weighted by Crippen LogP contribution is 2.30. The summed E-state index contributed by atoms with van der Waals surface area (Å²) in [4.78, 5) is 11.7. The normalized spacial score (nSPS) is 13.3. The third-order valence-corrected chi connectivity index (χ3v) is 3.61. The first-order valence-corrected chi connectivity index (χ1v) is 8.34. The Morgan fingerprint density at radius 2 is 1.88 bits per heavy atom. The number of benzene rings is 2. The predicted octanol–water partition coefficient (Wildman–Crippen LogP) is 3.62. The van der Waals surface area contributed by atoms with Gasteiger partial charge in [0.15, 0.2) is 23.1 Å². The second-order valence-electron chi connectivity index (χ2n) is 5.54. The van der Waals surface area contributed by atoms with Gasteiger partial charge in [0.05, 0.1) is 13.2 Å². The van der Waals surface area contributed by atoms with E-state index in [0.717, 1.165) is 12.0 Å². The van der Waals surface area contributed by atoms with Crippen molar-refractivity contribution in [1.29, 1.82) is 0 Å². The zero-order chi connectivity index (χ0) is 18.2. The van der Waals surface area contributed by atoms with Crippen LogP contribution in [-0.2, 0) is 9.53 Å². The van der Waals surface area contributed by atoms with Gasteiger partial charge in [0.2, 0.25) is 0 Å². The molecular weight excluding hydrogens is 339 g/mol. The van der Waals surface area contributed by atoms with Crippen molar-refractivity contribution in [2.24, 2.45) is 0 Å². The van der Waals surface area contributed by atoms with E-state index in [9.17, 15) is 9.18 Å². The van der Waals surface area contributed by atoms with Crippen LogP contribution in [-0.4, -0.2) is 32.4 Å². The molecule has 0 spiro atoms. The van der Waals surface area contributed by atoms with Crippen LogP contribution in [0.3, 0.4) is 0 Å². The summed E-state index contributed by atoms with van der Waals surface area (Å²) in [7, 11) is 0. The molecule has 136 valence electrons. The third-order valence-electron chi connectivity index (χ3n) is 3.61. The molecule has 1 aliphatic heterocycles. The molecule has 1 heterocycles. The summed E-state index contributed by atoms with van der Waals surface area (Å²) in [6.45, 7) is 1.33. The highest BCUT2D eigenvalue weighted by Gasteiger charge is 2.10. The Morgan fingerprint density at radius 1 is 1.08 bits per heavy atom. The van der Waals surface area contributed by atoms with Gasteiger partial charge in [-0.05, 0) is 35.9 Å². The number of rotatable bonds is 6. The summed E-state index contributed by atoms with van der Waals surface area (Å²) in [5, 5.41) is 0. The maximum absolute atomic E-state index is 13.4. The van der Waals surface area contributed by atoms with Crippen molar-refractivity contribution in [3.63, 3.8) is 0 Å². The Balaban J connectivity index is 1.46. The Labute approximate surface area is 150 Å². The van der Waals surface area contributed by atoms with Crippen LogP contribution in [0.4, 0.5) is 4.39 Å². The molecule has 2 aromatic carbocycles. The van der Waals surface area contributed by atoms with Crippen LogP contribution >= 0.6 is 0 Å². The van der Waals surface area contributed by atoms with E-state index >= 15 is 0 Å². The number of ether oxygens (including phenoxy) is 4. The van der Waals surface area contributed by atoms with Crippen molar-refractivity contribution < 1.29 is 28.1 Å². The first kappa shape index (κ1) is 17.8. The minimum absolute atomic E-state index is 0.0264. The average Bonchev–Trinajstić information content (AvgIpc) is 2.90. The van der Waals surface area contributed by atoms with E-state index in [1.165, 1.54) is 18.2 Å². The van der Waals surface area contributed by atoms with E-state index in [-0.39, 0.29) is 19.0 Å². The molecule has 0 saturated carbocycles. The summed E-state index contributed by atoms with van der Waals surface area (Å²) < 4.78 is 34.8. The number of para-hydroxylation sites is 1. The fraction of sp³-hybridized carbons (Fsp3) is 0.250. The maximum Gasteiger partial charge on any atom is 0.330 e. The molecule has 0 unspecified atom stereocenters. The number of hydrogen-bond donors (Lipinski definition) is 0. The molecule has 5 nitrogen and oxygen atoms in total. The van der Waals surface area contributed by atoms with Gasteiger partial charge < -0.3 is 18.9 Å². The summed E-state index contributed by atoms with van der Waals surface area (Å²) >= 11 is 0. The van der Waals surface area contributed by atoms with Crippen LogP contribution in [0, 0.1) is 5.82 Å². The standard InChI is InChI=1S/C20H19FO5/c21-16-4-1-2-5-17(16)25-12-13-26-20(22)9-7-15-6-8-18-19(14-15)24-11-3-10-23-18/h1-2,4-9,14H,3,10-13H2/b9-7+. The molecule has 0 amide bonds. The number of fused-ring (bicyclic) bond motifs is 1. The molecule has 3 rings (SSSR count). The quantitative estimate of drug-likeness (QED) is 0.448. The molecule has 0 aromatic heterocycles. The number of halogens is 1. The van der Waals surface area contributed by atoms with Crippen LogP contribution in [0.15, 0.2) is 48.5 Å². The van der Waals surface area contributed by atoms with Crippen molar-refractivity contribution in [3.8, 4) is 17.2 Å². The molecule has 26 heavy (non-hydrogen) atoms. The maximum atomic E-state index is 13.4. The molecule has 2 aromatic rings. The van der Waals surface area contributed by atoms with Gasteiger partial charge in [0.1, 0.15) is 13.2 Å². The zero-order valence-corrected chi connectivity index (χ0v) is 14.2. The average molecular weight is 358 g/mol. The molecule has 0 saturated heterocycles. The Kier molecular flexibility index (Phi) is 6.09. The van der Waals surface area contributed by atoms with Gasteiger partial charge in [-0.2, -0.15) is 0 Å². The molecule has 0 bridgehead atoms. The number of esters is 1. The van der Waals surface area contributed by atoms with Gasteiger partial charge in [-0.3, -0.25) is 0 Å². The molecule has 0 N–H and O–H groups in total. The fourth-order valence-corrected chi connectivity index (χ4v) is 2.35. The highest BCUT2D eigenvalue weighted by molar-refractivity contribution is 5.87. The lowest BCUT2D eigenvalue weighted by Crippen LogP contribution is -2.10. The van der Waals surface area contributed by atoms with Crippen molar-refractivity contribution >= 4 is 12.0 Å². The topological polar surface area (TPSA) is 54.0 Å². The number of hydrogen-bond acceptors (Lipinski definition) is 5. The van der Waals surface area contributed by atoms with Crippen molar-refractivity contribution in [2.45, 2.75) is 6.42 Å². The first-order chi connectivity index (χ1) is 12.7. The van der Waals surface area contributed by atoms with E-state index in [0.29, 0.717) is 24.7 Å². The van der Waals surface area contributed by atoms with Crippen molar-refractivity contribution in [2.75, 3.05) is 26.4 Å². The summed E-state index contributed by atoms with van der Waals surface area (Å²) in [6, 6.07) is 11.5. The van der Waals surface area contributed by atoms with Gasteiger partial charge >= 0.3 is 5.97 Å². The Bertz CT molecular complexity index is 788. The largest absolute Gasteiger partial charge is 0.490 e. The van der Waals surface area contributed by atoms with E-state index in [1.807, 2.05) is 18.2 Å². The predicted molar refractivity (Wildman–Crippen MR) is 93.9 cm³/mol. The summed E-state index contributed by atoms with van der Waals surface area (Å²) in [5.74, 6) is 0.539. The molecule has 0 atom stereocenters. The summed E-state index contributed by atoms with van der Waals surface area (Å²) in [5.41, 5.74) is 0.800. The Hall–Kier alpha value is -3.02. The van der Waals surface area contributed by atoms with Gasteiger partial charge in [-0.25, -0.2) is 9.18 Å². The SMILES string of the molecule is O=C(/C=C/c1ccc2c(c1)OCCCO2)OCCOc1ccccc1F. The second-order valence-corrected chi connectivity index (χ2v) is 5.54. The van der Waals surface area contributed by atoms with Crippen LogP contribution in [0.2, 0.25) is 0 Å². The lowest BCUT2D eigenvalue weighted by molar-refractivity contribution is -0.138. The fourth-order valence-electron chi connectivity index (χ4n) is 2.35. The van der Waals surface area contributed by atoms with E-state index in [2.05, 4.69) is 0 Å². The number of carbonyl (C=O) groups excluding carboxylic acids is 1. The van der Waals surface area contributed by atoms with E-state index in [1.54, 1.807) is 18.2 Å². The van der Waals surface area contributed by atoms with Gasteiger partial charge in [-0.15, -0.1) is 0 Å². The second kappa shape index (κ2) is 8.89. The van der Waals surface area contributed by atoms with Crippen LogP contribution in [0.5, 0.6) is 17.2 Å². The molecule has 0 aliphatic carbocycles. The molecule has 0 fully saturated rings. The molecule has 1 aliphatic rings. The van der Waals surface area contributed by atoms with Crippen LogP contribution < -0.4 is 14.2 Å². The van der Waals surface area contributed by atoms with Crippen LogP contribution in [0.25, 0.3) is 6.08 Å². The van der Waals surface area contributed by atoms with Crippen molar-refractivity contribution in [3.05, 3.63) is 59.9 Å². The molecular formula is C20H19FO5. The van der Waals surface area contributed by atoms with Crippen LogP contribution in [0.1, 0.15) is 12.0 Å². The first-order valence-electron chi connectivity index (χ1n) is 8.34. The monoisotopic (exact) mass is 358 g/mol. The number of carbonyl (C=O) groups is 1. The lowest BCUT2D eigenvalue weighted by Gasteiger charge is -2.08. The third kappa shape index (κ3) is 4.99. The molecule has 0 radical (unpaired) electrons. The zero-order valence-electron chi connectivity index (χ0n) is 14.2. The molecule has 6 heteroatoms. The highest BCUT2D eigenvalue weighted by atomic mass is 19.1. The van der Waals surface area contributed by atoms with Gasteiger partial charge in [0, 0.05) is 12.5 Å². The van der Waals surface area contributed by atoms with E-state index in [4.69, 9.17) is 18.9 Å². The summed E-state index contributed by atoms with van der Waals surface area (Å²) in [6.07, 6.45) is 3.79. The lowest BCUT2D eigenvalue weighted by atomic mass is 10.2. The Morgan fingerprint density at radius 3 is 2.73 bits per heavy atom. The van der Waals surface area contributed by atoms with Crippen molar-refractivity contribution in [1.82, 2.24) is 0 Å². The van der Waals surface area contributed by atoms with E-state index < -0.39 is 11.8 Å². The smallest absolute Gasteiger partial charge is 0.330 e. The minimum Gasteiger partial charge on any atom is -0.490 e. The minimum atomic E-state index is -0.505. The van der Waals surface area contributed by atoms with Gasteiger partial charge in [0.25, 0.3) is 0 Å².